The van der Waals surface area contributed by atoms with Crippen molar-refractivity contribution in [1.29, 1.82) is 0 Å². The molecule has 0 radical (unpaired) electrons. The van der Waals surface area contributed by atoms with Gasteiger partial charge in [0.2, 0.25) is 0 Å². The Morgan fingerprint density at radius 1 is 1.22 bits per heavy atom. The van der Waals surface area contributed by atoms with Crippen LogP contribution in [-0.4, -0.2) is 23.3 Å². The van der Waals surface area contributed by atoms with Gasteiger partial charge in [-0.1, -0.05) is 36.6 Å². The molecule has 0 saturated carbocycles. The third kappa shape index (κ3) is 4.00. The molecule has 2 unspecified atom stereocenters. The molecule has 1 N–H and O–H groups in total. The fourth-order valence-electron chi connectivity index (χ4n) is 2.08. The van der Waals surface area contributed by atoms with Crippen molar-refractivity contribution in [2.45, 2.75) is 44.3 Å². The highest BCUT2D eigenvalue weighted by Gasteiger charge is 2.44. The van der Waals surface area contributed by atoms with Crippen molar-refractivity contribution in [2.75, 3.05) is 0 Å². The SMILES string of the molecule is O=C(O)C1OC1CCCCCc1ccc(Cl)cc1. The van der Waals surface area contributed by atoms with Gasteiger partial charge in [0, 0.05) is 5.02 Å². The second-order valence-electron chi connectivity index (χ2n) is 4.66. The maximum Gasteiger partial charge on any atom is 0.335 e. The van der Waals surface area contributed by atoms with Crippen LogP contribution in [0.2, 0.25) is 5.02 Å². The molecule has 0 amide bonds. The summed E-state index contributed by atoms with van der Waals surface area (Å²) in [5, 5.41) is 9.43. The molecular formula is C14H17ClO3. The molecule has 0 bridgehead atoms. The van der Waals surface area contributed by atoms with Gasteiger partial charge in [-0.2, -0.15) is 0 Å². The average molecular weight is 269 g/mol. The predicted molar refractivity (Wildman–Crippen MR) is 69.9 cm³/mol. The molecule has 0 spiro atoms. The molecule has 98 valence electrons. The van der Waals surface area contributed by atoms with E-state index in [1.807, 2.05) is 24.3 Å². The number of hydrogen-bond acceptors (Lipinski definition) is 2. The van der Waals surface area contributed by atoms with Gasteiger partial charge >= 0.3 is 5.97 Å². The Kier molecular flexibility index (Phi) is 4.61. The van der Waals surface area contributed by atoms with E-state index in [1.54, 1.807) is 0 Å². The summed E-state index contributed by atoms with van der Waals surface area (Å²) in [5.74, 6) is -0.832. The molecule has 2 atom stereocenters. The Hall–Kier alpha value is -1.06. The third-order valence-corrected chi connectivity index (χ3v) is 3.45. The van der Waals surface area contributed by atoms with E-state index < -0.39 is 12.1 Å². The highest BCUT2D eigenvalue weighted by atomic mass is 35.5. The number of ether oxygens (including phenoxy) is 1. The van der Waals surface area contributed by atoms with E-state index in [2.05, 4.69) is 0 Å². The van der Waals surface area contributed by atoms with Crippen LogP contribution in [0, 0.1) is 0 Å². The van der Waals surface area contributed by atoms with Crippen molar-refractivity contribution in [3.63, 3.8) is 0 Å². The first kappa shape index (κ1) is 13.4. The summed E-state index contributed by atoms with van der Waals surface area (Å²) in [6, 6.07) is 7.92. The highest BCUT2D eigenvalue weighted by molar-refractivity contribution is 6.30. The second-order valence-corrected chi connectivity index (χ2v) is 5.10. The molecule has 1 aliphatic rings. The molecule has 1 aromatic rings. The van der Waals surface area contributed by atoms with Gasteiger partial charge in [-0.15, -0.1) is 0 Å². The number of carbonyl (C=O) groups is 1. The minimum Gasteiger partial charge on any atom is -0.479 e. The third-order valence-electron chi connectivity index (χ3n) is 3.19. The normalized spacial score (nSPS) is 21.8. The fraction of sp³-hybridized carbons (Fsp3) is 0.500. The molecule has 2 rings (SSSR count). The first-order valence-corrected chi connectivity index (χ1v) is 6.67. The number of aliphatic carboxylic acids is 1. The molecule has 1 fully saturated rings. The van der Waals surface area contributed by atoms with Crippen LogP contribution in [0.1, 0.15) is 31.2 Å². The van der Waals surface area contributed by atoms with Crippen LogP contribution >= 0.6 is 11.6 Å². The van der Waals surface area contributed by atoms with Crippen LogP contribution in [0.25, 0.3) is 0 Å². The molecular weight excluding hydrogens is 252 g/mol. The summed E-state index contributed by atoms with van der Waals surface area (Å²) < 4.78 is 5.04. The topological polar surface area (TPSA) is 49.8 Å². The van der Waals surface area contributed by atoms with Gasteiger partial charge in [-0.05, 0) is 37.0 Å². The molecule has 1 aliphatic heterocycles. The molecule has 0 aliphatic carbocycles. The predicted octanol–water partition coefficient (Wildman–Crippen LogP) is 3.29. The number of carboxylic acid groups (broad SMARTS) is 1. The first-order valence-electron chi connectivity index (χ1n) is 6.29. The Balaban J connectivity index is 1.54. The number of halogens is 1. The first-order chi connectivity index (χ1) is 8.66. The molecule has 4 heteroatoms. The summed E-state index contributed by atoms with van der Waals surface area (Å²) in [7, 11) is 0. The van der Waals surface area contributed by atoms with Crippen molar-refractivity contribution in [3.05, 3.63) is 34.9 Å². The van der Waals surface area contributed by atoms with E-state index in [4.69, 9.17) is 21.4 Å². The van der Waals surface area contributed by atoms with Gasteiger partial charge in [-0.25, -0.2) is 4.79 Å². The number of benzene rings is 1. The lowest BCUT2D eigenvalue weighted by Gasteiger charge is -2.01. The number of hydrogen-bond donors (Lipinski definition) is 1. The monoisotopic (exact) mass is 268 g/mol. The van der Waals surface area contributed by atoms with E-state index in [0.29, 0.717) is 0 Å². The summed E-state index contributed by atoms with van der Waals surface area (Å²) in [6.45, 7) is 0. The molecule has 18 heavy (non-hydrogen) atoms. The van der Waals surface area contributed by atoms with E-state index in [1.165, 1.54) is 5.56 Å². The van der Waals surface area contributed by atoms with Gasteiger partial charge in [0.25, 0.3) is 0 Å². The van der Waals surface area contributed by atoms with Crippen molar-refractivity contribution in [1.82, 2.24) is 0 Å². The van der Waals surface area contributed by atoms with Gasteiger partial charge in [0.15, 0.2) is 6.10 Å². The van der Waals surface area contributed by atoms with Crippen LogP contribution in [0.3, 0.4) is 0 Å². The maximum absolute atomic E-state index is 10.5. The highest BCUT2D eigenvalue weighted by Crippen LogP contribution is 2.27. The molecule has 3 nitrogen and oxygen atoms in total. The largest absolute Gasteiger partial charge is 0.479 e. The quantitative estimate of drug-likeness (QED) is 0.610. The summed E-state index contributed by atoms with van der Waals surface area (Å²) in [6.07, 6.45) is 4.57. The minimum absolute atomic E-state index is 0.0435. The maximum atomic E-state index is 10.5. The summed E-state index contributed by atoms with van der Waals surface area (Å²) in [5.41, 5.74) is 1.30. The van der Waals surface area contributed by atoms with Crippen molar-refractivity contribution in [3.8, 4) is 0 Å². The van der Waals surface area contributed by atoms with E-state index in [-0.39, 0.29) is 6.10 Å². The minimum atomic E-state index is -0.832. The van der Waals surface area contributed by atoms with Crippen LogP contribution in [0.15, 0.2) is 24.3 Å². The van der Waals surface area contributed by atoms with Gasteiger partial charge in [0.1, 0.15) is 0 Å². The Morgan fingerprint density at radius 2 is 1.94 bits per heavy atom. The van der Waals surface area contributed by atoms with Crippen LogP contribution in [-0.2, 0) is 16.0 Å². The lowest BCUT2D eigenvalue weighted by Crippen LogP contribution is -2.07. The van der Waals surface area contributed by atoms with Gasteiger partial charge in [0.05, 0.1) is 6.10 Å². The van der Waals surface area contributed by atoms with Crippen molar-refractivity contribution >= 4 is 17.6 Å². The van der Waals surface area contributed by atoms with Gasteiger partial charge in [-0.3, -0.25) is 0 Å². The zero-order valence-corrected chi connectivity index (χ0v) is 10.9. The number of epoxide rings is 1. The average Bonchev–Trinajstić information content (AvgIpc) is 3.11. The lowest BCUT2D eigenvalue weighted by atomic mass is 10.0. The van der Waals surface area contributed by atoms with Crippen LogP contribution in [0.5, 0.6) is 0 Å². The Bertz CT molecular complexity index is 402. The van der Waals surface area contributed by atoms with Crippen molar-refractivity contribution in [2.24, 2.45) is 0 Å². The van der Waals surface area contributed by atoms with E-state index in [9.17, 15) is 4.79 Å². The van der Waals surface area contributed by atoms with Crippen LogP contribution in [0.4, 0.5) is 0 Å². The molecule has 1 saturated heterocycles. The number of unbranched alkanes of at least 4 members (excludes halogenated alkanes) is 2. The zero-order chi connectivity index (χ0) is 13.0. The number of rotatable bonds is 7. The lowest BCUT2D eigenvalue weighted by molar-refractivity contribution is -0.138. The Labute approximate surface area is 112 Å². The van der Waals surface area contributed by atoms with Crippen molar-refractivity contribution < 1.29 is 14.6 Å². The van der Waals surface area contributed by atoms with Gasteiger partial charge < -0.3 is 9.84 Å². The number of carboxylic acids is 1. The number of aryl methyl sites for hydroxylation is 1. The summed E-state index contributed by atoms with van der Waals surface area (Å²) >= 11 is 5.81. The molecule has 0 aromatic heterocycles. The van der Waals surface area contributed by atoms with E-state index in [0.717, 1.165) is 37.1 Å². The summed E-state index contributed by atoms with van der Waals surface area (Å²) in [4.78, 5) is 10.5. The Morgan fingerprint density at radius 3 is 2.56 bits per heavy atom. The van der Waals surface area contributed by atoms with E-state index >= 15 is 0 Å². The van der Waals surface area contributed by atoms with Crippen LogP contribution < -0.4 is 0 Å². The second kappa shape index (κ2) is 6.21. The molecule has 1 heterocycles. The molecule has 1 aromatic carbocycles. The standard InChI is InChI=1S/C14H17ClO3/c15-11-8-6-10(7-9-11)4-2-1-3-5-12-13(18-12)14(16)17/h6-9,12-13H,1-5H2,(H,16,17). The zero-order valence-electron chi connectivity index (χ0n) is 10.1. The fourth-order valence-corrected chi connectivity index (χ4v) is 2.21. The smallest absolute Gasteiger partial charge is 0.335 e.